The molecular formula is C15H17ClN4S. The highest BCUT2D eigenvalue weighted by Crippen LogP contribution is 2.27. The topological polar surface area (TPSA) is 43.6 Å². The highest BCUT2D eigenvalue weighted by Gasteiger charge is 2.20. The number of aromatic nitrogens is 4. The number of fused-ring (bicyclic) bond motifs is 1. The number of hydrogen-bond donors (Lipinski definition) is 0. The number of imidazole rings is 1. The lowest BCUT2D eigenvalue weighted by molar-refractivity contribution is 0.614. The molecule has 3 aromatic heterocycles. The average Bonchev–Trinajstić information content (AvgIpc) is 3.02. The van der Waals surface area contributed by atoms with Gasteiger partial charge < -0.3 is 4.57 Å². The molecule has 110 valence electrons. The van der Waals surface area contributed by atoms with Crippen LogP contribution in [0.4, 0.5) is 0 Å². The van der Waals surface area contributed by atoms with E-state index in [2.05, 4.69) is 31.8 Å². The minimum atomic E-state index is 0.112. The zero-order chi connectivity index (χ0) is 15.0. The largest absolute Gasteiger partial charge is 0.303 e. The summed E-state index contributed by atoms with van der Waals surface area (Å²) in [4.78, 5) is 14.0. The molecule has 0 saturated carbocycles. The van der Waals surface area contributed by atoms with E-state index in [9.17, 15) is 0 Å². The first-order valence-electron chi connectivity index (χ1n) is 6.92. The number of nitrogens with zero attached hydrogens (tertiary/aromatic N) is 4. The Morgan fingerprint density at radius 3 is 2.67 bits per heavy atom. The molecule has 0 aliphatic rings. The third-order valence-corrected chi connectivity index (χ3v) is 4.77. The van der Waals surface area contributed by atoms with Crippen LogP contribution in [0, 0.1) is 13.8 Å². The molecule has 0 N–H and O–H groups in total. The van der Waals surface area contributed by atoms with Gasteiger partial charge in [-0.1, -0.05) is 0 Å². The predicted molar refractivity (Wildman–Crippen MR) is 87.4 cm³/mol. The molecule has 1 atom stereocenters. The van der Waals surface area contributed by atoms with Crippen molar-refractivity contribution < 1.29 is 0 Å². The summed E-state index contributed by atoms with van der Waals surface area (Å²) in [5, 5.41) is 3.15. The van der Waals surface area contributed by atoms with Crippen molar-refractivity contribution in [2.75, 3.05) is 5.88 Å². The number of pyridine rings is 1. The summed E-state index contributed by atoms with van der Waals surface area (Å²) in [6.07, 6.45) is 0.728. The molecule has 6 heteroatoms. The van der Waals surface area contributed by atoms with Gasteiger partial charge in [0.15, 0.2) is 5.65 Å². The van der Waals surface area contributed by atoms with Gasteiger partial charge in [0.2, 0.25) is 0 Å². The zero-order valence-corrected chi connectivity index (χ0v) is 13.9. The summed E-state index contributed by atoms with van der Waals surface area (Å²) in [5.41, 5.74) is 3.87. The van der Waals surface area contributed by atoms with Crippen molar-refractivity contribution in [3.63, 3.8) is 0 Å². The van der Waals surface area contributed by atoms with E-state index in [0.717, 1.165) is 39.8 Å². The first kappa shape index (κ1) is 14.5. The van der Waals surface area contributed by atoms with Gasteiger partial charge in [0.1, 0.15) is 16.3 Å². The van der Waals surface area contributed by atoms with Gasteiger partial charge in [-0.15, -0.1) is 22.9 Å². The highest BCUT2D eigenvalue weighted by atomic mass is 35.5. The Morgan fingerprint density at radius 2 is 2.00 bits per heavy atom. The number of alkyl halides is 1. The molecular weight excluding hydrogens is 304 g/mol. The summed E-state index contributed by atoms with van der Waals surface area (Å²) >= 11 is 7.61. The molecule has 1 unspecified atom stereocenters. The molecule has 0 aromatic carbocycles. The molecule has 3 rings (SSSR count). The summed E-state index contributed by atoms with van der Waals surface area (Å²) in [6, 6.07) is 4.12. The maximum absolute atomic E-state index is 5.93. The van der Waals surface area contributed by atoms with E-state index in [1.807, 2.05) is 26.0 Å². The lowest BCUT2D eigenvalue weighted by Crippen LogP contribution is -2.12. The molecule has 0 aliphatic heterocycles. The molecule has 3 aromatic rings. The van der Waals surface area contributed by atoms with Gasteiger partial charge >= 0.3 is 0 Å². The van der Waals surface area contributed by atoms with Gasteiger partial charge in [0, 0.05) is 29.1 Å². The van der Waals surface area contributed by atoms with Crippen LogP contribution < -0.4 is 0 Å². The second kappa shape index (κ2) is 5.73. The highest BCUT2D eigenvalue weighted by molar-refractivity contribution is 7.09. The van der Waals surface area contributed by atoms with Crippen LogP contribution in [0.5, 0.6) is 0 Å². The summed E-state index contributed by atoms with van der Waals surface area (Å²) < 4.78 is 2.17. The standard InChI is InChI=1S/C15H17ClN4S/c1-9-4-5-12-14(17-9)20(13(19-12)6-7-16)11(3)15-18-10(2)8-21-15/h4-5,8,11H,6-7H2,1-3H3. The number of thiazole rings is 1. The van der Waals surface area contributed by atoms with Crippen LogP contribution >= 0.6 is 22.9 Å². The molecule has 0 amide bonds. The maximum atomic E-state index is 5.93. The van der Waals surface area contributed by atoms with E-state index in [0.29, 0.717) is 5.88 Å². The van der Waals surface area contributed by atoms with Gasteiger partial charge in [0.25, 0.3) is 0 Å². The van der Waals surface area contributed by atoms with Crippen LogP contribution in [0.2, 0.25) is 0 Å². The smallest absolute Gasteiger partial charge is 0.160 e. The number of rotatable bonds is 4. The molecule has 0 saturated heterocycles. The van der Waals surface area contributed by atoms with Crippen molar-refractivity contribution in [2.24, 2.45) is 0 Å². The fraction of sp³-hybridized carbons (Fsp3) is 0.400. The van der Waals surface area contributed by atoms with Crippen molar-refractivity contribution in [2.45, 2.75) is 33.2 Å². The van der Waals surface area contributed by atoms with Crippen LogP contribution in [-0.4, -0.2) is 25.4 Å². The molecule has 0 spiro atoms. The van der Waals surface area contributed by atoms with Crippen LogP contribution in [0.15, 0.2) is 17.5 Å². The fourth-order valence-electron chi connectivity index (χ4n) is 2.46. The van der Waals surface area contributed by atoms with E-state index in [1.165, 1.54) is 0 Å². The molecule has 4 nitrogen and oxygen atoms in total. The summed E-state index contributed by atoms with van der Waals surface area (Å²) in [7, 11) is 0. The van der Waals surface area contributed by atoms with Crippen molar-refractivity contribution >= 4 is 34.1 Å². The van der Waals surface area contributed by atoms with Gasteiger partial charge in [0.05, 0.1) is 6.04 Å². The zero-order valence-electron chi connectivity index (χ0n) is 12.3. The van der Waals surface area contributed by atoms with Gasteiger partial charge in [-0.3, -0.25) is 0 Å². The van der Waals surface area contributed by atoms with E-state index < -0.39 is 0 Å². The predicted octanol–water partition coefficient (Wildman–Crippen LogP) is 3.90. The third-order valence-electron chi connectivity index (χ3n) is 3.45. The van der Waals surface area contributed by atoms with Gasteiger partial charge in [-0.05, 0) is 32.9 Å². The minimum absolute atomic E-state index is 0.112. The Kier molecular flexibility index (Phi) is 3.95. The van der Waals surface area contributed by atoms with E-state index >= 15 is 0 Å². The van der Waals surface area contributed by atoms with Crippen molar-refractivity contribution in [1.82, 2.24) is 19.5 Å². The quantitative estimate of drug-likeness (QED) is 0.685. The third kappa shape index (κ3) is 2.68. The Bertz CT molecular complexity index is 777. The molecule has 0 radical (unpaired) electrons. The normalized spacial score (nSPS) is 13.0. The first-order valence-corrected chi connectivity index (χ1v) is 8.34. The van der Waals surface area contributed by atoms with E-state index in [-0.39, 0.29) is 6.04 Å². The maximum Gasteiger partial charge on any atom is 0.160 e. The molecule has 0 bridgehead atoms. The summed E-state index contributed by atoms with van der Waals surface area (Å²) in [6.45, 7) is 6.15. The average molecular weight is 321 g/mol. The second-order valence-electron chi connectivity index (χ2n) is 5.14. The van der Waals surface area contributed by atoms with Crippen LogP contribution in [0.3, 0.4) is 0 Å². The molecule has 21 heavy (non-hydrogen) atoms. The van der Waals surface area contributed by atoms with Crippen LogP contribution in [0.25, 0.3) is 11.2 Å². The summed E-state index contributed by atoms with van der Waals surface area (Å²) in [5.74, 6) is 1.52. The Morgan fingerprint density at radius 1 is 1.19 bits per heavy atom. The first-order chi connectivity index (χ1) is 10.1. The van der Waals surface area contributed by atoms with Gasteiger partial charge in [-0.2, -0.15) is 0 Å². The van der Waals surface area contributed by atoms with E-state index in [4.69, 9.17) is 11.6 Å². The minimum Gasteiger partial charge on any atom is -0.303 e. The van der Waals surface area contributed by atoms with E-state index in [1.54, 1.807) is 11.3 Å². The SMILES string of the molecule is Cc1csc(C(C)n2c(CCCl)nc3ccc(C)nc32)n1. The molecule has 0 aliphatic carbocycles. The van der Waals surface area contributed by atoms with Crippen LogP contribution in [-0.2, 0) is 6.42 Å². The van der Waals surface area contributed by atoms with Gasteiger partial charge in [-0.25, -0.2) is 15.0 Å². The van der Waals surface area contributed by atoms with Crippen molar-refractivity contribution in [3.05, 3.63) is 39.7 Å². The number of aryl methyl sites for hydroxylation is 3. The lowest BCUT2D eigenvalue weighted by Gasteiger charge is -2.14. The fourth-order valence-corrected chi connectivity index (χ4v) is 3.47. The van der Waals surface area contributed by atoms with Crippen LogP contribution in [0.1, 0.15) is 35.2 Å². The number of halogens is 1. The Labute approximate surface area is 132 Å². The Hall–Kier alpha value is -1.46. The lowest BCUT2D eigenvalue weighted by atomic mass is 10.3. The molecule has 3 heterocycles. The molecule has 0 fully saturated rings. The Balaban J connectivity index is 2.18. The van der Waals surface area contributed by atoms with Crippen molar-refractivity contribution in [1.29, 1.82) is 0 Å². The monoisotopic (exact) mass is 320 g/mol. The van der Waals surface area contributed by atoms with Crippen molar-refractivity contribution in [3.8, 4) is 0 Å². The second-order valence-corrected chi connectivity index (χ2v) is 6.40. The number of hydrogen-bond acceptors (Lipinski definition) is 4.